The van der Waals surface area contributed by atoms with Crippen molar-refractivity contribution < 1.29 is 0 Å². The summed E-state index contributed by atoms with van der Waals surface area (Å²) in [6, 6.07) is 12.6. The smallest absolute Gasteiger partial charge is 0.126 e. The predicted octanol–water partition coefficient (Wildman–Crippen LogP) is 4.30. The molecule has 0 bridgehead atoms. The van der Waals surface area contributed by atoms with Gasteiger partial charge in [-0.1, -0.05) is 51.1 Å². The maximum absolute atomic E-state index is 4.48. The summed E-state index contributed by atoms with van der Waals surface area (Å²) in [6.07, 6.45) is 1.96. The maximum atomic E-state index is 4.48. The average Bonchev–Trinajstić information content (AvgIpc) is 2.37. The molecule has 0 aliphatic carbocycles. The Morgan fingerprint density at radius 3 is 2.37 bits per heavy atom. The largest absolute Gasteiger partial charge is 0.366 e. The first-order valence-electron chi connectivity index (χ1n) is 6.72. The van der Waals surface area contributed by atoms with Crippen LogP contribution in [0.25, 0.3) is 0 Å². The van der Waals surface area contributed by atoms with Crippen LogP contribution in [0.1, 0.15) is 37.5 Å². The molecule has 100 valence electrons. The third kappa shape index (κ3) is 3.57. The summed E-state index contributed by atoms with van der Waals surface area (Å²) in [6.45, 7) is 9.54. The van der Waals surface area contributed by atoms with E-state index in [4.69, 9.17) is 0 Å². The van der Waals surface area contributed by atoms with Crippen LogP contribution in [0.15, 0.2) is 42.6 Å². The molecule has 0 amide bonds. The summed E-state index contributed by atoms with van der Waals surface area (Å²) < 4.78 is 0. The first-order chi connectivity index (χ1) is 8.97. The summed E-state index contributed by atoms with van der Waals surface area (Å²) in [4.78, 5) is 4.48. The summed E-state index contributed by atoms with van der Waals surface area (Å²) >= 11 is 0. The van der Waals surface area contributed by atoms with Crippen molar-refractivity contribution in [1.82, 2.24) is 4.98 Å². The summed E-state index contributed by atoms with van der Waals surface area (Å²) in [7, 11) is 0. The number of anilines is 1. The lowest BCUT2D eigenvalue weighted by molar-refractivity contribution is 0.587. The van der Waals surface area contributed by atoms with Crippen LogP contribution in [-0.2, 0) is 12.0 Å². The van der Waals surface area contributed by atoms with Gasteiger partial charge in [0.2, 0.25) is 0 Å². The second-order valence-corrected chi connectivity index (χ2v) is 5.96. The van der Waals surface area contributed by atoms with E-state index >= 15 is 0 Å². The lowest BCUT2D eigenvalue weighted by Gasteiger charge is -2.18. The number of pyridine rings is 1. The fourth-order valence-corrected chi connectivity index (χ4v) is 1.94. The molecule has 0 saturated heterocycles. The third-order valence-electron chi connectivity index (χ3n) is 3.35. The van der Waals surface area contributed by atoms with Gasteiger partial charge in [-0.25, -0.2) is 4.98 Å². The van der Waals surface area contributed by atoms with Gasteiger partial charge in [-0.3, -0.25) is 0 Å². The molecule has 0 atom stereocenters. The van der Waals surface area contributed by atoms with Gasteiger partial charge in [0, 0.05) is 12.7 Å². The lowest BCUT2D eigenvalue weighted by atomic mass is 9.88. The normalized spacial score (nSPS) is 11.4. The lowest BCUT2D eigenvalue weighted by Crippen LogP contribution is -2.12. The molecule has 1 aromatic heterocycles. The molecule has 0 radical (unpaired) electrons. The number of hydrogen-bond acceptors (Lipinski definition) is 2. The molecule has 0 unspecified atom stereocenters. The average molecular weight is 254 g/mol. The molecule has 0 fully saturated rings. The van der Waals surface area contributed by atoms with Gasteiger partial charge in [0.15, 0.2) is 0 Å². The monoisotopic (exact) mass is 254 g/mol. The number of aryl methyl sites for hydroxylation is 1. The Bertz CT molecular complexity index is 536. The van der Waals surface area contributed by atoms with Crippen LogP contribution in [0.2, 0.25) is 0 Å². The van der Waals surface area contributed by atoms with Crippen molar-refractivity contribution in [1.29, 1.82) is 0 Å². The van der Waals surface area contributed by atoms with Gasteiger partial charge >= 0.3 is 0 Å². The van der Waals surface area contributed by atoms with Crippen molar-refractivity contribution in [2.24, 2.45) is 0 Å². The third-order valence-corrected chi connectivity index (χ3v) is 3.35. The van der Waals surface area contributed by atoms with E-state index in [1.165, 1.54) is 16.7 Å². The van der Waals surface area contributed by atoms with E-state index in [0.29, 0.717) is 0 Å². The van der Waals surface area contributed by atoms with Crippen LogP contribution < -0.4 is 5.32 Å². The minimum atomic E-state index is 0.154. The Labute approximate surface area is 115 Å². The molecular formula is C17H22N2. The number of nitrogens with zero attached hydrogens (tertiary/aromatic N) is 1. The second kappa shape index (κ2) is 5.43. The Balaban J connectivity index is 2.03. The van der Waals surface area contributed by atoms with Crippen molar-refractivity contribution in [3.63, 3.8) is 0 Å². The number of rotatable bonds is 3. The van der Waals surface area contributed by atoms with Gasteiger partial charge in [0.1, 0.15) is 5.82 Å². The summed E-state index contributed by atoms with van der Waals surface area (Å²) in [5.74, 6) is 0.927. The second-order valence-electron chi connectivity index (χ2n) is 5.96. The van der Waals surface area contributed by atoms with Crippen LogP contribution in [0, 0.1) is 6.92 Å². The molecule has 2 nitrogen and oxygen atoms in total. The Morgan fingerprint density at radius 2 is 1.79 bits per heavy atom. The minimum Gasteiger partial charge on any atom is -0.366 e. The van der Waals surface area contributed by atoms with Crippen LogP contribution in [0.4, 0.5) is 5.82 Å². The summed E-state index contributed by atoms with van der Waals surface area (Å²) in [5.41, 5.74) is 4.03. The number of benzene rings is 1. The Hall–Kier alpha value is -1.83. The number of hydrogen-bond donors (Lipinski definition) is 1. The highest BCUT2D eigenvalue weighted by atomic mass is 15.0. The van der Waals surface area contributed by atoms with E-state index in [9.17, 15) is 0 Å². The standard InChI is InChI=1S/C17H22N2/c1-13-7-5-6-8-14(13)11-18-16-10-9-15(12-19-16)17(2,3)4/h5-10,12H,11H2,1-4H3,(H,18,19). The molecule has 2 heteroatoms. The van der Waals surface area contributed by atoms with Gasteiger partial charge in [0.25, 0.3) is 0 Å². The topological polar surface area (TPSA) is 24.9 Å². The van der Waals surface area contributed by atoms with Gasteiger partial charge in [-0.2, -0.15) is 0 Å². The molecule has 0 aliphatic heterocycles. The zero-order chi connectivity index (χ0) is 13.9. The van der Waals surface area contributed by atoms with Crippen molar-refractivity contribution in [3.05, 3.63) is 59.3 Å². The molecule has 19 heavy (non-hydrogen) atoms. The molecule has 0 spiro atoms. The number of nitrogens with one attached hydrogen (secondary N) is 1. The first-order valence-corrected chi connectivity index (χ1v) is 6.72. The van der Waals surface area contributed by atoms with E-state index in [1.54, 1.807) is 0 Å². The quantitative estimate of drug-likeness (QED) is 0.883. The van der Waals surface area contributed by atoms with Crippen molar-refractivity contribution in [2.75, 3.05) is 5.32 Å². The molecule has 1 heterocycles. The maximum Gasteiger partial charge on any atom is 0.126 e. The van der Waals surface area contributed by atoms with E-state index in [1.807, 2.05) is 6.20 Å². The van der Waals surface area contributed by atoms with Gasteiger partial charge < -0.3 is 5.32 Å². The zero-order valence-corrected chi connectivity index (χ0v) is 12.2. The molecule has 2 aromatic rings. The highest BCUT2D eigenvalue weighted by Gasteiger charge is 2.13. The Kier molecular flexibility index (Phi) is 3.89. The molecule has 0 saturated carbocycles. The van der Waals surface area contributed by atoms with Crippen molar-refractivity contribution >= 4 is 5.82 Å². The van der Waals surface area contributed by atoms with Crippen LogP contribution in [-0.4, -0.2) is 4.98 Å². The van der Waals surface area contributed by atoms with E-state index < -0.39 is 0 Å². The molecule has 2 rings (SSSR count). The highest BCUT2D eigenvalue weighted by Crippen LogP contribution is 2.22. The highest BCUT2D eigenvalue weighted by molar-refractivity contribution is 5.39. The first kappa shape index (κ1) is 13.6. The van der Waals surface area contributed by atoms with Gasteiger partial charge in [-0.05, 0) is 35.1 Å². The minimum absolute atomic E-state index is 0.154. The fourth-order valence-electron chi connectivity index (χ4n) is 1.94. The van der Waals surface area contributed by atoms with Crippen LogP contribution >= 0.6 is 0 Å². The fraction of sp³-hybridized carbons (Fsp3) is 0.353. The van der Waals surface area contributed by atoms with E-state index in [0.717, 1.165) is 12.4 Å². The predicted molar refractivity (Wildman–Crippen MR) is 81.4 cm³/mol. The Morgan fingerprint density at radius 1 is 1.05 bits per heavy atom. The SMILES string of the molecule is Cc1ccccc1CNc1ccc(C(C)(C)C)cn1. The van der Waals surface area contributed by atoms with Crippen LogP contribution in [0.3, 0.4) is 0 Å². The number of aromatic nitrogens is 1. The molecule has 1 N–H and O–H groups in total. The molecule has 1 aromatic carbocycles. The van der Waals surface area contributed by atoms with Crippen molar-refractivity contribution in [2.45, 2.75) is 39.7 Å². The van der Waals surface area contributed by atoms with E-state index in [-0.39, 0.29) is 5.41 Å². The van der Waals surface area contributed by atoms with Crippen molar-refractivity contribution in [3.8, 4) is 0 Å². The van der Waals surface area contributed by atoms with Gasteiger partial charge in [0.05, 0.1) is 0 Å². The van der Waals surface area contributed by atoms with Crippen LogP contribution in [0.5, 0.6) is 0 Å². The molecule has 0 aliphatic rings. The summed E-state index contributed by atoms with van der Waals surface area (Å²) in [5, 5.41) is 3.37. The zero-order valence-electron chi connectivity index (χ0n) is 12.2. The molecular weight excluding hydrogens is 232 g/mol. The van der Waals surface area contributed by atoms with Gasteiger partial charge in [-0.15, -0.1) is 0 Å². The van der Waals surface area contributed by atoms with E-state index in [2.05, 4.69) is 74.4 Å².